The lowest BCUT2D eigenvalue weighted by atomic mass is 10.1. The third kappa shape index (κ3) is 2.84. The van der Waals surface area contributed by atoms with Gasteiger partial charge in [0.05, 0.1) is 5.69 Å². The number of carbonyl (C=O) groups excluding carboxylic acids is 1. The van der Waals surface area contributed by atoms with Crippen LogP contribution in [0.1, 0.15) is 24.1 Å². The van der Waals surface area contributed by atoms with Gasteiger partial charge in [-0.3, -0.25) is 19.7 Å². The number of rotatable bonds is 4. The number of aromatic nitrogens is 2. The minimum absolute atomic E-state index is 0.266. The predicted octanol–water partition coefficient (Wildman–Crippen LogP) is 1.85. The van der Waals surface area contributed by atoms with Crippen molar-refractivity contribution in [2.75, 3.05) is 6.54 Å². The van der Waals surface area contributed by atoms with Crippen LogP contribution in [0.3, 0.4) is 0 Å². The maximum absolute atomic E-state index is 12.5. The lowest BCUT2D eigenvalue weighted by Crippen LogP contribution is -2.36. The molecule has 1 amide bonds. The first-order valence-electron chi connectivity index (χ1n) is 8.13. The molecule has 2 aromatic rings. The highest BCUT2D eigenvalue weighted by Gasteiger charge is 2.46. The first-order valence-corrected chi connectivity index (χ1v) is 8.13. The van der Waals surface area contributed by atoms with Gasteiger partial charge in [0.2, 0.25) is 5.91 Å². The van der Waals surface area contributed by atoms with Crippen LogP contribution in [0.5, 0.6) is 0 Å². The van der Waals surface area contributed by atoms with E-state index in [1.54, 1.807) is 12.4 Å². The lowest BCUT2D eigenvalue weighted by Gasteiger charge is -2.25. The van der Waals surface area contributed by atoms with Gasteiger partial charge in [0.1, 0.15) is 0 Å². The van der Waals surface area contributed by atoms with E-state index in [0.29, 0.717) is 25.0 Å². The van der Waals surface area contributed by atoms with E-state index in [0.717, 1.165) is 30.8 Å². The molecule has 0 bridgehead atoms. The first kappa shape index (κ1) is 14.3. The summed E-state index contributed by atoms with van der Waals surface area (Å²) >= 11 is 0. The van der Waals surface area contributed by atoms with Crippen molar-refractivity contribution in [2.45, 2.75) is 38.0 Å². The van der Waals surface area contributed by atoms with Gasteiger partial charge in [-0.25, -0.2) is 0 Å². The van der Waals surface area contributed by atoms with Crippen LogP contribution in [0.2, 0.25) is 0 Å². The normalized spacial score (nSPS) is 24.2. The molecule has 5 heteroatoms. The van der Waals surface area contributed by atoms with Crippen molar-refractivity contribution >= 4 is 5.91 Å². The average Bonchev–Trinajstić information content (AvgIpc) is 3.10. The van der Waals surface area contributed by atoms with Crippen molar-refractivity contribution < 1.29 is 4.79 Å². The smallest absolute Gasteiger partial charge is 0.224 e. The van der Waals surface area contributed by atoms with Crippen molar-refractivity contribution in [3.8, 4) is 0 Å². The van der Waals surface area contributed by atoms with E-state index in [1.807, 2.05) is 30.5 Å². The fourth-order valence-corrected chi connectivity index (χ4v) is 3.80. The van der Waals surface area contributed by atoms with Crippen molar-refractivity contribution in [3.63, 3.8) is 0 Å². The molecule has 118 valence electrons. The molecule has 0 spiro atoms. The highest BCUT2D eigenvalue weighted by atomic mass is 16.2. The minimum atomic E-state index is 0.266. The third-order valence-electron chi connectivity index (χ3n) is 4.92. The quantitative estimate of drug-likeness (QED) is 0.865. The maximum atomic E-state index is 12.5. The molecule has 2 atom stereocenters. The van der Waals surface area contributed by atoms with Gasteiger partial charge < -0.3 is 4.90 Å². The van der Waals surface area contributed by atoms with Crippen LogP contribution in [-0.2, 0) is 17.9 Å². The Balaban J connectivity index is 1.47. The fourth-order valence-electron chi connectivity index (χ4n) is 3.80. The van der Waals surface area contributed by atoms with Crippen LogP contribution >= 0.6 is 0 Å². The second kappa shape index (κ2) is 6.08. The monoisotopic (exact) mass is 308 g/mol. The summed E-state index contributed by atoms with van der Waals surface area (Å²) in [6, 6.07) is 10.6. The van der Waals surface area contributed by atoms with Crippen LogP contribution in [0.4, 0.5) is 0 Å². The summed E-state index contributed by atoms with van der Waals surface area (Å²) in [6.07, 6.45) is 7.08. The molecule has 2 aromatic heterocycles. The molecule has 2 fully saturated rings. The summed E-state index contributed by atoms with van der Waals surface area (Å²) in [7, 11) is 0. The second-order valence-electron chi connectivity index (χ2n) is 6.30. The Morgan fingerprint density at radius 1 is 1.04 bits per heavy atom. The Morgan fingerprint density at radius 3 is 2.70 bits per heavy atom. The Labute approximate surface area is 136 Å². The molecule has 0 radical (unpaired) electrons. The number of nitrogens with zero attached hydrogens (tertiary/aromatic N) is 4. The van der Waals surface area contributed by atoms with Crippen LogP contribution in [0, 0.1) is 0 Å². The number of pyridine rings is 2. The third-order valence-corrected chi connectivity index (χ3v) is 4.92. The van der Waals surface area contributed by atoms with Gasteiger partial charge in [-0.2, -0.15) is 0 Å². The number of fused-ring (bicyclic) bond motifs is 1. The average molecular weight is 308 g/mol. The largest absolute Gasteiger partial charge is 0.334 e. The molecule has 23 heavy (non-hydrogen) atoms. The van der Waals surface area contributed by atoms with Crippen LogP contribution in [-0.4, -0.2) is 44.3 Å². The molecule has 4 heterocycles. The van der Waals surface area contributed by atoms with Gasteiger partial charge in [-0.15, -0.1) is 0 Å². The van der Waals surface area contributed by atoms with Crippen molar-refractivity contribution in [1.82, 2.24) is 19.8 Å². The van der Waals surface area contributed by atoms with Crippen LogP contribution in [0.25, 0.3) is 0 Å². The van der Waals surface area contributed by atoms with Crippen molar-refractivity contribution in [2.24, 2.45) is 0 Å². The Hall–Kier alpha value is -2.27. The van der Waals surface area contributed by atoms with Gasteiger partial charge in [0.25, 0.3) is 0 Å². The lowest BCUT2D eigenvalue weighted by molar-refractivity contribution is -0.129. The summed E-state index contributed by atoms with van der Waals surface area (Å²) in [5.41, 5.74) is 2.23. The van der Waals surface area contributed by atoms with Gasteiger partial charge in [0, 0.05) is 56.7 Å². The molecule has 5 nitrogen and oxygen atoms in total. The van der Waals surface area contributed by atoms with E-state index in [4.69, 9.17) is 0 Å². The molecule has 4 rings (SSSR count). The molecule has 2 aliphatic heterocycles. The van der Waals surface area contributed by atoms with Gasteiger partial charge in [-0.1, -0.05) is 6.07 Å². The SMILES string of the molecule is O=C1C[C@@H]2[C@H](CCN2Cc2ccccn2)N1Cc1ccncc1. The molecule has 0 saturated carbocycles. The topological polar surface area (TPSA) is 49.3 Å². The molecule has 2 aliphatic rings. The van der Waals surface area contributed by atoms with Crippen molar-refractivity contribution in [3.05, 3.63) is 60.2 Å². The summed E-state index contributed by atoms with van der Waals surface area (Å²) in [5, 5.41) is 0. The zero-order chi connectivity index (χ0) is 15.6. The number of hydrogen-bond acceptors (Lipinski definition) is 4. The molecular weight excluding hydrogens is 288 g/mol. The molecule has 0 unspecified atom stereocenters. The van der Waals surface area contributed by atoms with Gasteiger partial charge in [0.15, 0.2) is 0 Å². The number of hydrogen-bond donors (Lipinski definition) is 0. The maximum Gasteiger partial charge on any atom is 0.224 e. The zero-order valence-electron chi connectivity index (χ0n) is 13.0. The predicted molar refractivity (Wildman–Crippen MR) is 86.2 cm³/mol. The van der Waals surface area contributed by atoms with E-state index in [-0.39, 0.29) is 5.91 Å². The highest BCUT2D eigenvalue weighted by molar-refractivity contribution is 5.80. The number of carbonyl (C=O) groups is 1. The fraction of sp³-hybridized carbons (Fsp3) is 0.389. The number of amides is 1. The second-order valence-corrected chi connectivity index (χ2v) is 6.30. The summed E-state index contributed by atoms with van der Waals surface area (Å²) < 4.78 is 0. The summed E-state index contributed by atoms with van der Waals surface area (Å²) in [6.45, 7) is 2.56. The molecule has 0 aliphatic carbocycles. The van der Waals surface area contributed by atoms with Gasteiger partial charge in [-0.05, 0) is 36.2 Å². The summed E-state index contributed by atoms with van der Waals surface area (Å²) in [5.74, 6) is 0.266. The van der Waals surface area contributed by atoms with Crippen molar-refractivity contribution in [1.29, 1.82) is 0 Å². The molecular formula is C18H20N4O. The highest BCUT2D eigenvalue weighted by Crippen LogP contribution is 2.34. The van der Waals surface area contributed by atoms with E-state index in [2.05, 4.69) is 25.8 Å². The van der Waals surface area contributed by atoms with E-state index >= 15 is 0 Å². The standard InChI is InChI=1S/C18H20N4O/c23-18-11-17-16(22(18)12-14-4-8-19-9-5-14)6-10-21(17)13-15-3-1-2-7-20-15/h1-5,7-9,16-17H,6,10-13H2/t16-,17+/m0/s1. The van der Waals surface area contributed by atoms with Gasteiger partial charge >= 0.3 is 0 Å². The van der Waals surface area contributed by atoms with E-state index < -0.39 is 0 Å². The molecule has 0 N–H and O–H groups in total. The van der Waals surface area contributed by atoms with E-state index in [1.165, 1.54) is 0 Å². The van der Waals surface area contributed by atoms with Crippen LogP contribution < -0.4 is 0 Å². The molecule has 2 saturated heterocycles. The first-order chi connectivity index (χ1) is 11.3. The van der Waals surface area contributed by atoms with E-state index in [9.17, 15) is 4.79 Å². The molecule has 0 aromatic carbocycles. The van der Waals surface area contributed by atoms with Crippen LogP contribution in [0.15, 0.2) is 48.9 Å². The Kier molecular flexibility index (Phi) is 3.79. The Bertz CT molecular complexity index is 676. The summed E-state index contributed by atoms with van der Waals surface area (Å²) in [4.78, 5) is 25.4. The zero-order valence-corrected chi connectivity index (χ0v) is 13.0. The number of likely N-dealkylation sites (tertiary alicyclic amines) is 2. The minimum Gasteiger partial charge on any atom is -0.334 e. The Morgan fingerprint density at radius 2 is 1.91 bits per heavy atom.